The number of anilines is 1. The zero-order chi connectivity index (χ0) is 25.4. The third-order valence-corrected chi connectivity index (χ3v) is 6.57. The van der Waals surface area contributed by atoms with Crippen LogP contribution in [-0.2, 0) is 26.1 Å². The van der Waals surface area contributed by atoms with Gasteiger partial charge in [0.2, 0.25) is 0 Å². The van der Waals surface area contributed by atoms with E-state index in [2.05, 4.69) is 4.72 Å². The highest BCUT2D eigenvalue weighted by Crippen LogP contribution is 2.20. The Morgan fingerprint density at radius 1 is 0.943 bits per heavy atom. The monoisotopic (exact) mass is 496 g/mol. The van der Waals surface area contributed by atoms with Crippen molar-refractivity contribution >= 4 is 27.6 Å². The van der Waals surface area contributed by atoms with Gasteiger partial charge in [0.05, 0.1) is 17.6 Å². The minimum atomic E-state index is -3.95. The summed E-state index contributed by atoms with van der Waals surface area (Å²) in [7, 11) is -2.44. The van der Waals surface area contributed by atoms with Crippen LogP contribution < -0.4 is 9.46 Å². The molecule has 0 saturated heterocycles. The fourth-order valence-electron chi connectivity index (χ4n) is 3.30. The van der Waals surface area contributed by atoms with E-state index < -0.39 is 22.6 Å². The number of sulfonamides is 1. The first-order chi connectivity index (χ1) is 16.7. The molecule has 0 aliphatic heterocycles. The zero-order valence-electron chi connectivity index (χ0n) is 19.8. The molecule has 0 unspecified atom stereocenters. The number of nitrogens with zero attached hydrogens (tertiary/aromatic N) is 1. The standard InChI is InChI=1S/C26H28N2O6S/c1-19(2)28(17-20-8-5-4-6-9-20)25(29)18-34-26(30)21-10-7-11-24(16-21)35(31,32)27-22-12-14-23(33-3)15-13-22/h4-16,19,27H,17-18H2,1-3H3. The predicted octanol–water partition coefficient (Wildman–Crippen LogP) is 4.09. The molecule has 0 spiro atoms. The minimum Gasteiger partial charge on any atom is -0.497 e. The molecule has 1 amide bonds. The van der Waals surface area contributed by atoms with Crippen molar-refractivity contribution < 1.29 is 27.5 Å². The summed E-state index contributed by atoms with van der Waals surface area (Å²) in [4.78, 5) is 26.8. The van der Waals surface area contributed by atoms with Gasteiger partial charge in [-0.1, -0.05) is 36.4 Å². The van der Waals surface area contributed by atoms with E-state index in [0.29, 0.717) is 18.0 Å². The lowest BCUT2D eigenvalue weighted by atomic mass is 10.2. The third kappa shape index (κ3) is 7.07. The van der Waals surface area contributed by atoms with Crippen molar-refractivity contribution in [2.75, 3.05) is 18.4 Å². The Kier molecular flexibility index (Phi) is 8.48. The van der Waals surface area contributed by atoms with Crippen molar-refractivity contribution in [1.82, 2.24) is 4.90 Å². The van der Waals surface area contributed by atoms with Gasteiger partial charge in [0, 0.05) is 18.3 Å². The van der Waals surface area contributed by atoms with Crippen LogP contribution in [0.15, 0.2) is 83.8 Å². The number of amides is 1. The van der Waals surface area contributed by atoms with Gasteiger partial charge < -0.3 is 14.4 Å². The number of hydrogen-bond acceptors (Lipinski definition) is 6. The summed E-state index contributed by atoms with van der Waals surface area (Å²) in [5, 5.41) is 0. The van der Waals surface area contributed by atoms with Crippen LogP contribution in [0.4, 0.5) is 5.69 Å². The number of carbonyl (C=O) groups excluding carboxylic acids is 2. The van der Waals surface area contributed by atoms with E-state index in [9.17, 15) is 18.0 Å². The smallest absolute Gasteiger partial charge is 0.338 e. The summed E-state index contributed by atoms with van der Waals surface area (Å²) in [6.45, 7) is 3.70. The minimum absolute atomic E-state index is 0.0227. The molecule has 35 heavy (non-hydrogen) atoms. The van der Waals surface area contributed by atoms with Crippen LogP contribution in [0, 0.1) is 0 Å². The van der Waals surface area contributed by atoms with E-state index in [0.717, 1.165) is 5.56 Å². The Hall–Kier alpha value is -3.85. The lowest BCUT2D eigenvalue weighted by molar-refractivity contribution is -0.136. The largest absolute Gasteiger partial charge is 0.497 e. The summed E-state index contributed by atoms with van der Waals surface area (Å²) >= 11 is 0. The van der Waals surface area contributed by atoms with Crippen LogP contribution in [0.2, 0.25) is 0 Å². The summed E-state index contributed by atoms with van der Waals surface area (Å²) in [6, 6.07) is 21.3. The van der Waals surface area contributed by atoms with Crippen LogP contribution in [0.5, 0.6) is 5.75 Å². The number of nitrogens with one attached hydrogen (secondary N) is 1. The van der Waals surface area contributed by atoms with Crippen molar-refractivity contribution in [2.24, 2.45) is 0 Å². The zero-order valence-corrected chi connectivity index (χ0v) is 20.6. The molecule has 0 atom stereocenters. The Morgan fingerprint density at radius 3 is 2.26 bits per heavy atom. The molecule has 1 N–H and O–H groups in total. The van der Waals surface area contributed by atoms with Gasteiger partial charge in [0.15, 0.2) is 6.61 Å². The van der Waals surface area contributed by atoms with Crippen LogP contribution in [0.3, 0.4) is 0 Å². The highest BCUT2D eigenvalue weighted by molar-refractivity contribution is 7.92. The van der Waals surface area contributed by atoms with Crippen LogP contribution in [0.1, 0.15) is 29.8 Å². The van der Waals surface area contributed by atoms with E-state index in [4.69, 9.17) is 9.47 Å². The van der Waals surface area contributed by atoms with Gasteiger partial charge in [-0.3, -0.25) is 9.52 Å². The van der Waals surface area contributed by atoms with Crippen molar-refractivity contribution in [2.45, 2.75) is 31.3 Å². The maximum absolute atomic E-state index is 12.8. The average molecular weight is 497 g/mol. The number of methoxy groups -OCH3 is 1. The molecule has 3 aromatic carbocycles. The van der Waals surface area contributed by atoms with Gasteiger partial charge in [-0.15, -0.1) is 0 Å². The van der Waals surface area contributed by atoms with E-state index >= 15 is 0 Å². The van der Waals surface area contributed by atoms with E-state index in [1.165, 1.54) is 31.4 Å². The number of benzene rings is 3. The Balaban J connectivity index is 1.66. The molecule has 0 heterocycles. The van der Waals surface area contributed by atoms with Gasteiger partial charge in [0.1, 0.15) is 5.75 Å². The second kappa shape index (κ2) is 11.5. The van der Waals surface area contributed by atoms with Gasteiger partial charge in [-0.2, -0.15) is 0 Å². The summed E-state index contributed by atoms with van der Waals surface area (Å²) < 4.78 is 38.3. The Bertz CT molecular complexity index is 1260. The van der Waals surface area contributed by atoms with Crippen molar-refractivity contribution in [1.29, 1.82) is 0 Å². The van der Waals surface area contributed by atoms with E-state index in [1.54, 1.807) is 29.2 Å². The molecule has 3 rings (SSSR count). The number of esters is 1. The van der Waals surface area contributed by atoms with Crippen molar-refractivity contribution in [3.63, 3.8) is 0 Å². The maximum atomic E-state index is 12.8. The predicted molar refractivity (Wildman–Crippen MR) is 133 cm³/mol. The molecule has 0 aliphatic rings. The van der Waals surface area contributed by atoms with Gasteiger partial charge in [-0.05, 0) is 61.9 Å². The quantitative estimate of drug-likeness (QED) is 0.424. The first-order valence-electron chi connectivity index (χ1n) is 11.0. The summed E-state index contributed by atoms with van der Waals surface area (Å²) in [6.07, 6.45) is 0. The summed E-state index contributed by atoms with van der Waals surface area (Å²) in [5.74, 6) is -0.544. The highest BCUT2D eigenvalue weighted by atomic mass is 32.2. The SMILES string of the molecule is COc1ccc(NS(=O)(=O)c2cccc(C(=O)OCC(=O)N(Cc3ccccc3)C(C)C)c2)cc1. The van der Waals surface area contributed by atoms with E-state index in [-0.39, 0.29) is 22.4 Å². The highest BCUT2D eigenvalue weighted by Gasteiger charge is 2.21. The lowest BCUT2D eigenvalue weighted by Crippen LogP contribution is -2.39. The topological polar surface area (TPSA) is 102 Å². The molecule has 0 bridgehead atoms. The number of carbonyl (C=O) groups is 2. The Labute approximate surface area is 205 Å². The fraction of sp³-hybridized carbons (Fsp3) is 0.231. The Morgan fingerprint density at radius 2 is 1.63 bits per heavy atom. The maximum Gasteiger partial charge on any atom is 0.338 e. The van der Waals surface area contributed by atoms with E-state index in [1.807, 2.05) is 44.2 Å². The average Bonchev–Trinajstić information content (AvgIpc) is 2.86. The van der Waals surface area contributed by atoms with Gasteiger partial charge >= 0.3 is 5.97 Å². The molecule has 0 aromatic heterocycles. The van der Waals surface area contributed by atoms with Crippen molar-refractivity contribution in [3.8, 4) is 5.75 Å². The third-order valence-electron chi connectivity index (χ3n) is 5.19. The molecular formula is C26H28N2O6S. The second-order valence-electron chi connectivity index (χ2n) is 8.04. The molecule has 0 saturated carbocycles. The first kappa shape index (κ1) is 25.8. The van der Waals surface area contributed by atoms with Gasteiger partial charge in [0.25, 0.3) is 15.9 Å². The van der Waals surface area contributed by atoms with Crippen LogP contribution >= 0.6 is 0 Å². The van der Waals surface area contributed by atoms with Crippen LogP contribution in [0.25, 0.3) is 0 Å². The fourth-order valence-corrected chi connectivity index (χ4v) is 4.40. The molecular weight excluding hydrogens is 468 g/mol. The normalized spacial score (nSPS) is 11.1. The number of ether oxygens (including phenoxy) is 2. The molecule has 3 aromatic rings. The molecule has 9 heteroatoms. The van der Waals surface area contributed by atoms with Crippen LogP contribution in [-0.4, -0.2) is 45.0 Å². The molecule has 184 valence electrons. The molecule has 0 fully saturated rings. The second-order valence-corrected chi connectivity index (χ2v) is 9.72. The lowest BCUT2D eigenvalue weighted by Gasteiger charge is -2.26. The van der Waals surface area contributed by atoms with Crippen molar-refractivity contribution in [3.05, 3.63) is 90.0 Å². The first-order valence-corrected chi connectivity index (χ1v) is 12.5. The summed E-state index contributed by atoms with van der Waals surface area (Å²) in [5.41, 5.74) is 1.33. The van der Waals surface area contributed by atoms with Gasteiger partial charge in [-0.25, -0.2) is 13.2 Å². The molecule has 0 radical (unpaired) electrons. The molecule has 8 nitrogen and oxygen atoms in total. The number of rotatable bonds is 10. The molecule has 0 aliphatic carbocycles. The number of hydrogen-bond donors (Lipinski definition) is 1.